The molecule has 264 valence electrons. The Morgan fingerprint density at radius 3 is 1.38 bits per heavy atom. The van der Waals surface area contributed by atoms with E-state index in [1.807, 2.05) is 0 Å². The molecule has 7 aromatic carbocycles. The molecule has 0 amide bonds. The smallest absolute Gasteiger partial charge is 0.0579 e. The second-order valence-corrected chi connectivity index (χ2v) is 27.8. The normalized spacial score (nSPS) is 13.4. The summed E-state index contributed by atoms with van der Waals surface area (Å²) in [5.41, 5.74) is 15.6. The summed E-state index contributed by atoms with van der Waals surface area (Å²) in [6.45, 7) is 20.2. The summed E-state index contributed by atoms with van der Waals surface area (Å²) in [7, 11) is -3.94. The van der Waals surface area contributed by atoms with Gasteiger partial charge in [0.15, 0.2) is 0 Å². The highest BCUT2D eigenvalue weighted by Crippen LogP contribution is 2.60. The molecule has 0 fully saturated rings. The van der Waals surface area contributed by atoms with Gasteiger partial charge in [0.1, 0.15) is 0 Å². The van der Waals surface area contributed by atoms with E-state index in [2.05, 4.69) is 221 Å². The second kappa shape index (κ2) is 13.0. The lowest BCUT2D eigenvalue weighted by atomic mass is 9.97. The van der Waals surface area contributed by atoms with Crippen LogP contribution in [0.15, 0.2) is 158 Å². The summed E-state index contributed by atoms with van der Waals surface area (Å²) < 4.78 is -0.0229. The molecule has 0 unspecified atom stereocenters. The van der Waals surface area contributed by atoms with E-state index in [0.29, 0.717) is 0 Å². The Morgan fingerprint density at radius 2 is 0.868 bits per heavy atom. The van der Waals surface area contributed by atoms with Gasteiger partial charge < -0.3 is 9.80 Å². The van der Waals surface area contributed by atoms with Crippen LogP contribution in [-0.4, -0.2) is 16.1 Å². The van der Waals surface area contributed by atoms with Crippen molar-refractivity contribution in [3.63, 3.8) is 0 Å². The van der Waals surface area contributed by atoms with Gasteiger partial charge in [0.25, 0.3) is 0 Å². The highest BCUT2D eigenvalue weighted by molar-refractivity contribution is 7.00. The Kier molecular flexibility index (Phi) is 8.59. The van der Waals surface area contributed by atoms with E-state index in [1.54, 1.807) is 5.56 Å². The number of fused-ring (bicyclic) bond motifs is 5. The summed E-state index contributed by atoms with van der Waals surface area (Å²) in [6, 6.07) is 58.6. The van der Waals surface area contributed by atoms with E-state index in [4.69, 9.17) is 0 Å². The summed E-state index contributed by atoms with van der Waals surface area (Å²) in [5, 5.41) is 2.70. The number of benzene rings is 7. The minimum Gasteiger partial charge on any atom is -0.310 e. The van der Waals surface area contributed by atoms with E-state index < -0.39 is 16.1 Å². The maximum atomic E-state index is 2.62. The highest BCUT2D eigenvalue weighted by Gasteiger charge is 2.59. The number of aryl methyl sites for hydroxylation is 2. The van der Waals surface area contributed by atoms with Crippen LogP contribution < -0.4 is 9.80 Å². The number of hydrogen-bond acceptors (Lipinski definition) is 2. The highest BCUT2D eigenvalue weighted by atomic mass is 28.4. The summed E-state index contributed by atoms with van der Waals surface area (Å²) >= 11 is 0. The van der Waals surface area contributed by atoms with Crippen LogP contribution in [0.5, 0.6) is 0 Å². The van der Waals surface area contributed by atoms with Gasteiger partial charge in [0.05, 0.1) is 16.1 Å². The van der Waals surface area contributed by atoms with E-state index in [-0.39, 0.29) is 4.66 Å². The van der Waals surface area contributed by atoms with Crippen molar-refractivity contribution < 1.29 is 0 Å². The van der Waals surface area contributed by atoms with Gasteiger partial charge in [0.2, 0.25) is 0 Å². The summed E-state index contributed by atoms with van der Waals surface area (Å²) in [4.78, 5) is 4.88. The number of anilines is 6. The molecule has 0 saturated carbocycles. The van der Waals surface area contributed by atoms with Crippen LogP contribution >= 0.6 is 0 Å². The van der Waals surface area contributed by atoms with Crippen molar-refractivity contribution in [1.29, 1.82) is 0 Å². The van der Waals surface area contributed by atoms with Crippen LogP contribution in [0.4, 0.5) is 34.1 Å². The number of nitrogens with zero attached hydrogens (tertiary/aromatic N) is 2. The molecule has 0 atom stereocenters. The van der Waals surface area contributed by atoms with Crippen molar-refractivity contribution >= 4 is 61.0 Å². The zero-order valence-corrected chi connectivity index (χ0v) is 34.4. The fourth-order valence-electron chi connectivity index (χ4n) is 9.76. The predicted octanol–water partition coefficient (Wildman–Crippen LogP) is 14.4. The SMILES string of the molecule is Cc1ccccc1N(c1ccccc1)c1ccc2c(c1)C([Si](C)(C)C)([Si](C)(C)C)c1c-2ccc2cc(N(c3ccccc3)c3ccccc3C)ccc12. The fraction of sp³-hybridized carbons (Fsp3) is 0.184. The first kappa shape index (κ1) is 34.9. The maximum absolute atomic E-state index is 2.62. The molecule has 2 nitrogen and oxygen atoms in total. The van der Waals surface area contributed by atoms with Gasteiger partial charge in [-0.25, -0.2) is 0 Å². The van der Waals surface area contributed by atoms with E-state index in [1.165, 1.54) is 67.0 Å². The van der Waals surface area contributed by atoms with Crippen LogP contribution in [-0.2, 0) is 4.66 Å². The molecule has 0 radical (unpaired) electrons. The van der Waals surface area contributed by atoms with Crippen LogP contribution in [0.25, 0.3) is 21.9 Å². The lowest BCUT2D eigenvalue weighted by Crippen LogP contribution is -2.63. The molecule has 0 aromatic heterocycles. The molecule has 0 saturated heterocycles. The van der Waals surface area contributed by atoms with Crippen LogP contribution in [0, 0.1) is 13.8 Å². The molecule has 7 aromatic rings. The minimum absolute atomic E-state index is 0.0229. The number of hydrogen-bond donors (Lipinski definition) is 0. The zero-order valence-electron chi connectivity index (χ0n) is 32.4. The van der Waals surface area contributed by atoms with E-state index >= 15 is 0 Å². The molecule has 4 heteroatoms. The topological polar surface area (TPSA) is 6.48 Å². The monoisotopic (exact) mass is 722 g/mol. The molecule has 53 heavy (non-hydrogen) atoms. The van der Waals surface area contributed by atoms with E-state index in [0.717, 1.165) is 5.69 Å². The molecule has 1 aliphatic carbocycles. The Hall–Kier alpha value is -5.17. The molecule has 0 aliphatic heterocycles. The molecular weight excluding hydrogens is 673 g/mol. The van der Waals surface area contributed by atoms with E-state index in [9.17, 15) is 0 Å². The number of rotatable bonds is 8. The summed E-state index contributed by atoms with van der Waals surface area (Å²) in [5.74, 6) is 0. The van der Waals surface area contributed by atoms with Gasteiger partial charge in [-0.1, -0.05) is 136 Å². The fourth-order valence-corrected chi connectivity index (χ4v) is 22.8. The first-order valence-electron chi connectivity index (χ1n) is 19.0. The van der Waals surface area contributed by atoms with Gasteiger partial charge in [0, 0.05) is 38.8 Å². The zero-order chi connectivity index (χ0) is 37.1. The average molecular weight is 723 g/mol. The van der Waals surface area contributed by atoms with Gasteiger partial charge in [-0.3, -0.25) is 0 Å². The minimum atomic E-state index is -1.97. The van der Waals surface area contributed by atoms with Crippen molar-refractivity contribution in [3.05, 3.63) is 180 Å². The molecular formula is C49H50N2Si2. The van der Waals surface area contributed by atoms with Gasteiger partial charge >= 0.3 is 0 Å². The standard InChI is InChI=1S/C49H50N2Si2/c1-35-19-15-17-25-46(35)50(38-21-11-9-12-22-38)40-28-31-42-37(33-40)27-30-44-43-32-29-41(34-45(43)49(48(42)44,52(3,4)5)53(6,7)8)51(39-23-13-10-14-24-39)47-26-18-16-20-36(47)2/h9-34H,1-8H3. The van der Waals surface area contributed by atoms with Gasteiger partial charge in [-0.2, -0.15) is 0 Å². The molecule has 1 aliphatic rings. The van der Waals surface area contributed by atoms with Crippen LogP contribution in [0.3, 0.4) is 0 Å². The predicted molar refractivity (Wildman–Crippen MR) is 236 cm³/mol. The van der Waals surface area contributed by atoms with Crippen molar-refractivity contribution in [3.8, 4) is 11.1 Å². The van der Waals surface area contributed by atoms with Crippen LogP contribution in [0.2, 0.25) is 39.3 Å². The summed E-state index contributed by atoms with van der Waals surface area (Å²) in [6.07, 6.45) is 0. The molecule has 0 N–H and O–H groups in total. The Bertz CT molecular complexity index is 2440. The quantitative estimate of drug-likeness (QED) is 0.144. The average Bonchev–Trinajstić information content (AvgIpc) is 3.46. The van der Waals surface area contributed by atoms with Crippen molar-refractivity contribution in [1.82, 2.24) is 0 Å². The van der Waals surface area contributed by atoms with Crippen LogP contribution in [0.1, 0.15) is 22.3 Å². The third-order valence-corrected chi connectivity index (χ3v) is 21.6. The lowest BCUT2D eigenvalue weighted by Gasteiger charge is -2.51. The van der Waals surface area contributed by atoms with Gasteiger partial charge in [-0.05, 0) is 119 Å². The van der Waals surface area contributed by atoms with Crippen molar-refractivity contribution in [2.24, 2.45) is 0 Å². The number of para-hydroxylation sites is 4. The maximum Gasteiger partial charge on any atom is 0.0579 e. The lowest BCUT2D eigenvalue weighted by molar-refractivity contribution is 0.961. The Morgan fingerprint density at radius 1 is 0.415 bits per heavy atom. The Balaban J connectivity index is 1.38. The van der Waals surface area contributed by atoms with Crippen molar-refractivity contribution in [2.75, 3.05) is 9.80 Å². The largest absolute Gasteiger partial charge is 0.310 e. The molecule has 8 rings (SSSR count). The molecule has 0 heterocycles. The molecule has 0 bridgehead atoms. The van der Waals surface area contributed by atoms with Crippen molar-refractivity contribution in [2.45, 2.75) is 57.8 Å². The van der Waals surface area contributed by atoms with Gasteiger partial charge in [-0.15, -0.1) is 0 Å². The molecule has 0 spiro atoms. The second-order valence-electron chi connectivity index (χ2n) is 16.8. The Labute approximate surface area is 318 Å². The third-order valence-electron chi connectivity index (χ3n) is 11.6. The third kappa shape index (κ3) is 5.58. The first-order valence-corrected chi connectivity index (χ1v) is 26.0. The first-order chi connectivity index (χ1) is 25.4.